The van der Waals surface area contributed by atoms with E-state index in [1.54, 1.807) is 0 Å². The quantitative estimate of drug-likeness (QED) is 0.673. The second-order valence-corrected chi connectivity index (χ2v) is 3.69. The summed E-state index contributed by atoms with van der Waals surface area (Å²) in [5.41, 5.74) is 3.09. The van der Waals surface area contributed by atoms with Gasteiger partial charge in [-0.2, -0.15) is 0 Å². The standard InChI is InChI=1S/C10H16N4/c1-7-5-13-10(8(2)14-7)9-6-11-3-4-12-9/h5,9,11-12H,3-4,6H2,1-2H3. The third-order valence-corrected chi connectivity index (χ3v) is 2.48. The molecule has 0 bridgehead atoms. The van der Waals surface area contributed by atoms with Crippen molar-refractivity contribution in [3.05, 3.63) is 23.3 Å². The Kier molecular flexibility index (Phi) is 2.74. The summed E-state index contributed by atoms with van der Waals surface area (Å²) in [7, 11) is 0. The first-order chi connectivity index (χ1) is 6.77. The van der Waals surface area contributed by atoms with Gasteiger partial charge in [0.05, 0.1) is 23.1 Å². The van der Waals surface area contributed by atoms with E-state index in [1.807, 2.05) is 20.0 Å². The molecule has 1 atom stereocenters. The molecule has 0 aromatic carbocycles. The van der Waals surface area contributed by atoms with Gasteiger partial charge in [-0.15, -0.1) is 0 Å². The normalized spacial score (nSPS) is 22.3. The van der Waals surface area contributed by atoms with Crippen LogP contribution in [0.15, 0.2) is 6.20 Å². The lowest BCUT2D eigenvalue weighted by atomic mass is 10.1. The fraction of sp³-hybridized carbons (Fsp3) is 0.600. The average Bonchev–Trinajstić information content (AvgIpc) is 2.19. The molecule has 2 N–H and O–H groups in total. The summed E-state index contributed by atoms with van der Waals surface area (Å²) in [5.74, 6) is 0. The minimum absolute atomic E-state index is 0.317. The number of hydrogen-bond donors (Lipinski definition) is 2. The summed E-state index contributed by atoms with van der Waals surface area (Å²) in [6.07, 6.45) is 1.83. The molecule has 2 rings (SSSR count). The molecule has 0 radical (unpaired) electrons. The number of nitrogens with one attached hydrogen (secondary N) is 2. The van der Waals surface area contributed by atoms with Crippen LogP contribution in [0.2, 0.25) is 0 Å². The molecule has 1 fully saturated rings. The van der Waals surface area contributed by atoms with Crippen LogP contribution >= 0.6 is 0 Å². The van der Waals surface area contributed by atoms with E-state index in [-0.39, 0.29) is 0 Å². The second-order valence-electron chi connectivity index (χ2n) is 3.69. The van der Waals surface area contributed by atoms with Gasteiger partial charge in [-0.1, -0.05) is 0 Å². The third-order valence-electron chi connectivity index (χ3n) is 2.48. The van der Waals surface area contributed by atoms with Gasteiger partial charge in [0.25, 0.3) is 0 Å². The molecule has 1 aromatic heterocycles. The zero-order chi connectivity index (χ0) is 9.97. The number of nitrogens with zero attached hydrogens (tertiary/aromatic N) is 2. The minimum Gasteiger partial charge on any atom is -0.314 e. The molecule has 1 unspecified atom stereocenters. The zero-order valence-corrected chi connectivity index (χ0v) is 8.67. The van der Waals surface area contributed by atoms with E-state index in [1.165, 1.54) is 0 Å². The van der Waals surface area contributed by atoms with E-state index in [2.05, 4.69) is 20.6 Å². The van der Waals surface area contributed by atoms with E-state index in [0.717, 1.165) is 36.7 Å². The lowest BCUT2D eigenvalue weighted by Crippen LogP contribution is -2.43. The lowest BCUT2D eigenvalue weighted by Gasteiger charge is -2.24. The van der Waals surface area contributed by atoms with Crippen LogP contribution in [0.5, 0.6) is 0 Å². The Morgan fingerprint density at radius 3 is 2.86 bits per heavy atom. The van der Waals surface area contributed by atoms with Crippen molar-refractivity contribution in [1.29, 1.82) is 0 Å². The molecule has 4 nitrogen and oxygen atoms in total. The predicted octanol–water partition coefficient (Wildman–Crippen LogP) is 0.327. The van der Waals surface area contributed by atoms with E-state index in [9.17, 15) is 0 Å². The van der Waals surface area contributed by atoms with E-state index < -0.39 is 0 Å². The summed E-state index contributed by atoms with van der Waals surface area (Å²) in [6, 6.07) is 0.317. The summed E-state index contributed by atoms with van der Waals surface area (Å²) in [4.78, 5) is 8.85. The number of piperazine rings is 1. The number of hydrogen-bond acceptors (Lipinski definition) is 4. The van der Waals surface area contributed by atoms with Crippen LogP contribution in [0.1, 0.15) is 23.1 Å². The van der Waals surface area contributed by atoms with Crippen LogP contribution in [0, 0.1) is 13.8 Å². The maximum absolute atomic E-state index is 4.44. The molecule has 0 spiro atoms. The molecule has 0 aliphatic carbocycles. The molecule has 1 saturated heterocycles. The SMILES string of the molecule is Cc1cnc(C2CNCCN2)c(C)n1. The van der Waals surface area contributed by atoms with Crippen molar-refractivity contribution in [2.45, 2.75) is 19.9 Å². The largest absolute Gasteiger partial charge is 0.314 e. The maximum Gasteiger partial charge on any atom is 0.0798 e. The van der Waals surface area contributed by atoms with Gasteiger partial charge in [0.2, 0.25) is 0 Å². The average molecular weight is 192 g/mol. The van der Waals surface area contributed by atoms with Crippen molar-refractivity contribution in [1.82, 2.24) is 20.6 Å². The molecule has 1 aromatic rings. The molecule has 4 heteroatoms. The van der Waals surface area contributed by atoms with Crippen molar-refractivity contribution >= 4 is 0 Å². The lowest BCUT2D eigenvalue weighted by molar-refractivity contribution is 0.420. The van der Waals surface area contributed by atoms with E-state index in [0.29, 0.717) is 6.04 Å². The summed E-state index contributed by atoms with van der Waals surface area (Å²) in [6.45, 7) is 6.97. The van der Waals surface area contributed by atoms with E-state index in [4.69, 9.17) is 0 Å². The highest BCUT2D eigenvalue weighted by atomic mass is 15.1. The highest BCUT2D eigenvalue weighted by Gasteiger charge is 2.17. The van der Waals surface area contributed by atoms with Crippen molar-refractivity contribution in [3.8, 4) is 0 Å². The van der Waals surface area contributed by atoms with Crippen LogP contribution in [-0.4, -0.2) is 29.6 Å². The van der Waals surface area contributed by atoms with Gasteiger partial charge in [-0.05, 0) is 13.8 Å². The first-order valence-electron chi connectivity index (χ1n) is 5.01. The molecular formula is C10H16N4. The first kappa shape index (κ1) is 9.55. The third kappa shape index (κ3) is 1.91. The van der Waals surface area contributed by atoms with Crippen LogP contribution in [0.4, 0.5) is 0 Å². The molecule has 2 heterocycles. The monoisotopic (exact) mass is 192 g/mol. The van der Waals surface area contributed by atoms with Crippen LogP contribution in [0.3, 0.4) is 0 Å². The highest BCUT2D eigenvalue weighted by molar-refractivity contribution is 5.16. The zero-order valence-electron chi connectivity index (χ0n) is 8.67. The Bertz CT molecular complexity index is 318. The fourth-order valence-electron chi connectivity index (χ4n) is 1.80. The molecule has 1 aliphatic heterocycles. The Labute approximate surface area is 84.2 Å². The molecule has 14 heavy (non-hydrogen) atoms. The van der Waals surface area contributed by atoms with Gasteiger partial charge in [0.1, 0.15) is 0 Å². The second kappa shape index (κ2) is 4.02. The van der Waals surface area contributed by atoms with Gasteiger partial charge in [0, 0.05) is 25.8 Å². The van der Waals surface area contributed by atoms with Crippen LogP contribution in [-0.2, 0) is 0 Å². The molecule has 76 valence electrons. The van der Waals surface area contributed by atoms with Gasteiger partial charge < -0.3 is 10.6 Å². The summed E-state index contributed by atoms with van der Waals surface area (Å²) in [5, 5.41) is 6.78. The maximum atomic E-state index is 4.44. The van der Waals surface area contributed by atoms with Gasteiger partial charge in [0.15, 0.2) is 0 Å². The minimum atomic E-state index is 0.317. The fourth-order valence-corrected chi connectivity index (χ4v) is 1.80. The van der Waals surface area contributed by atoms with Crippen LogP contribution < -0.4 is 10.6 Å². The number of aromatic nitrogens is 2. The summed E-state index contributed by atoms with van der Waals surface area (Å²) < 4.78 is 0. The van der Waals surface area contributed by atoms with E-state index >= 15 is 0 Å². The highest BCUT2D eigenvalue weighted by Crippen LogP contribution is 2.13. The molecular weight excluding hydrogens is 176 g/mol. The van der Waals surface area contributed by atoms with Crippen molar-refractivity contribution in [2.24, 2.45) is 0 Å². The summed E-state index contributed by atoms with van der Waals surface area (Å²) >= 11 is 0. The topological polar surface area (TPSA) is 49.8 Å². The Hall–Kier alpha value is -1.00. The molecule has 0 saturated carbocycles. The molecule has 0 amide bonds. The Balaban J connectivity index is 2.22. The van der Waals surface area contributed by atoms with Crippen molar-refractivity contribution in [2.75, 3.05) is 19.6 Å². The molecule has 1 aliphatic rings. The predicted molar refractivity (Wildman–Crippen MR) is 55.1 cm³/mol. The van der Waals surface area contributed by atoms with Crippen LogP contribution in [0.25, 0.3) is 0 Å². The van der Waals surface area contributed by atoms with Crippen molar-refractivity contribution in [3.63, 3.8) is 0 Å². The van der Waals surface area contributed by atoms with Gasteiger partial charge in [-0.3, -0.25) is 9.97 Å². The Morgan fingerprint density at radius 1 is 1.36 bits per heavy atom. The first-order valence-corrected chi connectivity index (χ1v) is 5.01. The van der Waals surface area contributed by atoms with Gasteiger partial charge >= 0.3 is 0 Å². The van der Waals surface area contributed by atoms with Crippen molar-refractivity contribution < 1.29 is 0 Å². The Morgan fingerprint density at radius 2 is 2.21 bits per heavy atom. The van der Waals surface area contributed by atoms with Gasteiger partial charge in [-0.25, -0.2) is 0 Å². The number of aryl methyl sites for hydroxylation is 2. The smallest absolute Gasteiger partial charge is 0.0798 e. The number of rotatable bonds is 1.